The number of guanidine groups is 1. The van der Waals surface area contributed by atoms with Crippen molar-refractivity contribution >= 4 is 27.8 Å². The van der Waals surface area contributed by atoms with Gasteiger partial charge in [0.1, 0.15) is 0 Å². The van der Waals surface area contributed by atoms with Crippen LogP contribution in [0, 0.1) is 5.92 Å². The summed E-state index contributed by atoms with van der Waals surface area (Å²) in [5.41, 5.74) is 6.37. The molecule has 1 aromatic rings. The van der Waals surface area contributed by atoms with Crippen LogP contribution in [0.15, 0.2) is 33.7 Å². The van der Waals surface area contributed by atoms with Gasteiger partial charge in [0.25, 0.3) is 5.91 Å². The number of benzene rings is 1. The van der Waals surface area contributed by atoms with Crippen LogP contribution in [0.4, 0.5) is 0 Å². The number of carbonyl (C=O) groups excluding carboxylic acids is 1. The first kappa shape index (κ1) is 17.5. The number of aliphatic imine (C=N–C) groups is 1. The average Bonchev–Trinajstić information content (AvgIpc) is 2.44. The molecule has 0 radical (unpaired) electrons. The van der Waals surface area contributed by atoms with Crippen molar-refractivity contribution in [3.63, 3.8) is 0 Å². The van der Waals surface area contributed by atoms with E-state index in [1.165, 1.54) is 0 Å². The van der Waals surface area contributed by atoms with Crippen LogP contribution in [0.25, 0.3) is 0 Å². The minimum atomic E-state index is -0.0715. The van der Waals surface area contributed by atoms with E-state index in [0.29, 0.717) is 30.5 Å². The molecule has 0 aromatic heterocycles. The molecule has 1 amide bonds. The second-order valence-corrected chi connectivity index (χ2v) is 6.08. The molecule has 5 nitrogen and oxygen atoms in total. The molecule has 6 heteroatoms. The van der Waals surface area contributed by atoms with E-state index in [2.05, 4.69) is 45.4 Å². The third kappa shape index (κ3) is 7.70. The molecule has 4 N–H and O–H groups in total. The minimum absolute atomic E-state index is 0.0715. The lowest BCUT2D eigenvalue weighted by Gasteiger charge is -2.08. The van der Waals surface area contributed by atoms with Gasteiger partial charge >= 0.3 is 0 Å². The number of amides is 1. The molecule has 0 aliphatic rings. The number of rotatable bonds is 7. The zero-order valence-corrected chi connectivity index (χ0v) is 14.1. The number of nitrogens with one attached hydrogen (secondary N) is 2. The van der Waals surface area contributed by atoms with Crippen molar-refractivity contribution in [1.82, 2.24) is 10.6 Å². The fraction of sp³-hybridized carbons (Fsp3) is 0.467. The van der Waals surface area contributed by atoms with Gasteiger partial charge in [-0.15, -0.1) is 0 Å². The summed E-state index contributed by atoms with van der Waals surface area (Å²) in [5, 5.41) is 5.90. The van der Waals surface area contributed by atoms with E-state index in [1.54, 1.807) is 12.1 Å². The van der Waals surface area contributed by atoms with Crippen LogP contribution in [0.1, 0.15) is 30.6 Å². The van der Waals surface area contributed by atoms with Crippen molar-refractivity contribution in [2.75, 3.05) is 19.6 Å². The lowest BCUT2D eigenvalue weighted by atomic mass is 10.2. The highest BCUT2D eigenvalue weighted by atomic mass is 79.9. The maximum absolute atomic E-state index is 11.9. The minimum Gasteiger partial charge on any atom is -0.370 e. The maximum Gasteiger partial charge on any atom is 0.251 e. The quantitative estimate of drug-likeness (QED) is 0.398. The molecule has 0 bridgehead atoms. The lowest BCUT2D eigenvalue weighted by Crippen LogP contribution is -2.34. The average molecular weight is 355 g/mol. The Labute approximate surface area is 134 Å². The number of hydrogen-bond acceptors (Lipinski definition) is 2. The Hall–Kier alpha value is -1.56. The maximum atomic E-state index is 11.9. The molecule has 1 rings (SSSR count). The zero-order valence-electron chi connectivity index (χ0n) is 12.5. The van der Waals surface area contributed by atoms with Gasteiger partial charge in [0.2, 0.25) is 0 Å². The van der Waals surface area contributed by atoms with Gasteiger partial charge in [-0.2, -0.15) is 0 Å². The standard InChI is InChI=1S/C15H23BrN4O/c1-11(2)10-20-15(17)19-8-4-7-18-14(21)12-5-3-6-13(16)9-12/h3,5-6,9,11H,4,7-8,10H2,1-2H3,(H,18,21)(H3,17,19,20). The predicted molar refractivity (Wildman–Crippen MR) is 90.4 cm³/mol. The molecule has 0 unspecified atom stereocenters. The van der Waals surface area contributed by atoms with Crippen LogP contribution < -0.4 is 16.4 Å². The fourth-order valence-electron chi connectivity index (χ4n) is 1.58. The van der Waals surface area contributed by atoms with E-state index in [-0.39, 0.29) is 5.91 Å². The number of nitrogens with zero attached hydrogens (tertiary/aromatic N) is 1. The smallest absolute Gasteiger partial charge is 0.251 e. The molecule has 0 spiro atoms. The molecule has 0 saturated carbocycles. The second kappa shape index (κ2) is 9.39. The van der Waals surface area contributed by atoms with Gasteiger partial charge in [-0.25, -0.2) is 0 Å². The van der Waals surface area contributed by atoms with Gasteiger partial charge in [0.05, 0.1) is 0 Å². The summed E-state index contributed by atoms with van der Waals surface area (Å²) >= 11 is 3.35. The van der Waals surface area contributed by atoms with Gasteiger partial charge in [0.15, 0.2) is 5.96 Å². The van der Waals surface area contributed by atoms with Crippen LogP contribution in [-0.4, -0.2) is 31.5 Å². The van der Waals surface area contributed by atoms with Gasteiger partial charge in [-0.1, -0.05) is 35.8 Å². The summed E-state index contributed by atoms with van der Waals surface area (Å²) in [6, 6.07) is 7.31. The lowest BCUT2D eigenvalue weighted by molar-refractivity contribution is 0.0953. The summed E-state index contributed by atoms with van der Waals surface area (Å²) in [4.78, 5) is 16.1. The van der Waals surface area contributed by atoms with Crippen molar-refractivity contribution in [3.05, 3.63) is 34.3 Å². The predicted octanol–water partition coefficient (Wildman–Crippen LogP) is 2.13. The highest BCUT2D eigenvalue weighted by molar-refractivity contribution is 9.10. The van der Waals surface area contributed by atoms with Gasteiger partial charge in [-0.3, -0.25) is 9.79 Å². The summed E-state index contributed by atoms with van der Waals surface area (Å²) in [6.07, 6.45) is 0.789. The third-order valence-corrected chi connectivity index (χ3v) is 3.15. The Morgan fingerprint density at radius 3 is 2.71 bits per heavy atom. The van der Waals surface area contributed by atoms with Crippen molar-refractivity contribution in [2.45, 2.75) is 20.3 Å². The van der Waals surface area contributed by atoms with E-state index in [0.717, 1.165) is 17.4 Å². The molecule has 1 aromatic carbocycles. The molecule has 0 heterocycles. The molecular formula is C15H23BrN4O. The number of nitrogens with two attached hydrogens (primary N) is 1. The van der Waals surface area contributed by atoms with E-state index in [4.69, 9.17) is 5.73 Å². The van der Waals surface area contributed by atoms with Gasteiger partial charge < -0.3 is 16.4 Å². The zero-order chi connectivity index (χ0) is 15.7. The van der Waals surface area contributed by atoms with Crippen molar-refractivity contribution in [1.29, 1.82) is 0 Å². The van der Waals surface area contributed by atoms with E-state index < -0.39 is 0 Å². The largest absolute Gasteiger partial charge is 0.370 e. The first-order valence-corrected chi connectivity index (χ1v) is 7.86. The van der Waals surface area contributed by atoms with E-state index >= 15 is 0 Å². The normalized spacial score (nSPS) is 11.5. The SMILES string of the molecule is CC(C)CN=C(N)NCCCNC(=O)c1cccc(Br)c1. The van der Waals surface area contributed by atoms with Crippen LogP contribution >= 0.6 is 15.9 Å². The highest BCUT2D eigenvalue weighted by Crippen LogP contribution is 2.11. The van der Waals surface area contributed by atoms with E-state index in [1.807, 2.05) is 12.1 Å². The van der Waals surface area contributed by atoms with Crippen LogP contribution in [0.5, 0.6) is 0 Å². The molecule has 21 heavy (non-hydrogen) atoms. The molecule has 0 aliphatic carbocycles. The van der Waals surface area contributed by atoms with E-state index in [9.17, 15) is 4.79 Å². The van der Waals surface area contributed by atoms with Crippen LogP contribution in [0.3, 0.4) is 0 Å². The Morgan fingerprint density at radius 1 is 1.33 bits per heavy atom. The highest BCUT2D eigenvalue weighted by Gasteiger charge is 2.04. The molecular weight excluding hydrogens is 332 g/mol. The molecule has 116 valence electrons. The van der Waals surface area contributed by atoms with Crippen LogP contribution in [0.2, 0.25) is 0 Å². The number of carbonyl (C=O) groups is 1. The van der Waals surface area contributed by atoms with Gasteiger partial charge in [-0.05, 0) is 30.5 Å². The first-order chi connectivity index (χ1) is 9.99. The van der Waals surface area contributed by atoms with Crippen molar-refractivity contribution in [2.24, 2.45) is 16.6 Å². The topological polar surface area (TPSA) is 79.5 Å². The summed E-state index contributed by atoms with van der Waals surface area (Å²) in [7, 11) is 0. The first-order valence-electron chi connectivity index (χ1n) is 7.06. The molecule has 0 fully saturated rings. The summed E-state index contributed by atoms with van der Waals surface area (Å²) in [5.74, 6) is 0.884. The molecule has 0 atom stereocenters. The molecule has 0 saturated heterocycles. The summed E-state index contributed by atoms with van der Waals surface area (Å²) < 4.78 is 0.894. The van der Waals surface area contributed by atoms with Crippen LogP contribution in [-0.2, 0) is 0 Å². The monoisotopic (exact) mass is 354 g/mol. The number of hydrogen-bond donors (Lipinski definition) is 3. The Kier molecular flexibility index (Phi) is 7.82. The third-order valence-electron chi connectivity index (χ3n) is 2.66. The Morgan fingerprint density at radius 2 is 2.05 bits per heavy atom. The Balaban J connectivity index is 2.20. The van der Waals surface area contributed by atoms with Crippen molar-refractivity contribution in [3.8, 4) is 0 Å². The summed E-state index contributed by atoms with van der Waals surface area (Å²) in [6.45, 7) is 6.18. The van der Waals surface area contributed by atoms with Gasteiger partial charge in [0, 0.05) is 29.7 Å². The molecule has 0 aliphatic heterocycles. The fourth-order valence-corrected chi connectivity index (χ4v) is 1.97. The Bertz CT molecular complexity index is 488. The number of halogens is 1. The van der Waals surface area contributed by atoms with Crippen molar-refractivity contribution < 1.29 is 4.79 Å². The second-order valence-electron chi connectivity index (χ2n) is 5.17.